The van der Waals surface area contributed by atoms with E-state index in [4.69, 9.17) is 4.74 Å². The van der Waals surface area contributed by atoms with Gasteiger partial charge < -0.3 is 15.0 Å². The van der Waals surface area contributed by atoms with Crippen molar-refractivity contribution in [1.82, 2.24) is 15.2 Å². The second kappa shape index (κ2) is 9.13. The lowest BCUT2D eigenvalue weighted by Crippen LogP contribution is -2.47. The summed E-state index contributed by atoms with van der Waals surface area (Å²) in [6.07, 6.45) is 7.16. The topological polar surface area (TPSA) is 37.4 Å². The van der Waals surface area contributed by atoms with E-state index in [-0.39, 0.29) is 0 Å². The molecule has 1 N–H and O–H groups in total. The number of hydrogen-bond donors (Lipinski definition) is 1. The molecular weight excluding hydrogens is 262 g/mol. The first-order chi connectivity index (χ1) is 10.3. The van der Waals surface area contributed by atoms with Gasteiger partial charge in [0.05, 0.1) is 6.61 Å². The molecule has 2 heterocycles. The largest absolute Gasteiger partial charge is 0.381 e. The first-order valence-corrected chi connectivity index (χ1v) is 8.18. The molecule has 2 rings (SSSR count). The van der Waals surface area contributed by atoms with Crippen molar-refractivity contribution in [3.63, 3.8) is 0 Å². The minimum atomic E-state index is 0.604. The van der Waals surface area contributed by atoms with Crippen LogP contribution in [0.25, 0.3) is 0 Å². The minimum absolute atomic E-state index is 0.604. The van der Waals surface area contributed by atoms with Crippen LogP contribution in [0.4, 0.5) is 0 Å². The summed E-state index contributed by atoms with van der Waals surface area (Å²) in [5.41, 5.74) is 1.36. The first-order valence-electron chi connectivity index (χ1n) is 8.18. The standard InChI is InChI=1S/C17H29N3O/c1-3-8-19-17-7-12-21-14-16(17)13-20(2)11-6-15-4-9-18-10-5-15/h4-5,9-10,16-17,19H,3,6-8,11-14H2,1-2H3. The zero-order valence-corrected chi connectivity index (χ0v) is 13.4. The molecule has 1 saturated heterocycles. The molecule has 0 spiro atoms. The van der Waals surface area contributed by atoms with Crippen LogP contribution in [0.2, 0.25) is 0 Å². The molecule has 0 bridgehead atoms. The number of ether oxygens (including phenoxy) is 1. The number of nitrogens with one attached hydrogen (secondary N) is 1. The van der Waals surface area contributed by atoms with Crippen LogP contribution in [-0.2, 0) is 11.2 Å². The minimum Gasteiger partial charge on any atom is -0.381 e. The van der Waals surface area contributed by atoms with E-state index in [9.17, 15) is 0 Å². The van der Waals surface area contributed by atoms with Crippen molar-refractivity contribution in [2.45, 2.75) is 32.2 Å². The third-order valence-electron chi connectivity index (χ3n) is 4.21. The Morgan fingerprint density at radius 2 is 2.19 bits per heavy atom. The van der Waals surface area contributed by atoms with Crippen molar-refractivity contribution < 1.29 is 4.74 Å². The Balaban J connectivity index is 1.75. The molecule has 4 heteroatoms. The fourth-order valence-electron chi connectivity index (χ4n) is 2.94. The van der Waals surface area contributed by atoms with Gasteiger partial charge in [-0.25, -0.2) is 0 Å². The van der Waals surface area contributed by atoms with Gasteiger partial charge in [0.2, 0.25) is 0 Å². The molecule has 0 amide bonds. The second-order valence-corrected chi connectivity index (χ2v) is 6.05. The summed E-state index contributed by atoms with van der Waals surface area (Å²) < 4.78 is 5.68. The van der Waals surface area contributed by atoms with Gasteiger partial charge in [0.25, 0.3) is 0 Å². The maximum atomic E-state index is 5.68. The fourth-order valence-corrected chi connectivity index (χ4v) is 2.94. The fraction of sp³-hybridized carbons (Fsp3) is 0.706. The molecule has 2 unspecified atom stereocenters. The van der Waals surface area contributed by atoms with E-state index in [1.807, 2.05) is 12.4 Å². The Hall–Kier alpha value is -0.970. The molecule has 1 aromatic heterocycles. The van der Waals surface area contributed by atoms with E-state index in [0.29, 0.717) is 12.0 Å². The number of likely N-dealkylation sites (N-methyl/N-ethyl adjacent to an activating group) is 1. The summed E-state index contributed by atoms with van der Waals surface area (Å²) in [6, 6.07) is 4.81. The van der Waals surface area contributed by atoms with Crippen LogP contribution in [0.3, 0.4) is 0 Å². The molecule has 2 atom stereocenters. The molecule has 1 aromatic rings. The SMILES string of the molecule is CCCNC1CCOCC1CN(C)CCc1ccncc1. The lowest BCUT2D eigenvalue weighted by molar-refractivity contribution is 0.0199. The molecule has 1 aliphatic heterocycles. The van der Waals surface area contributed by atoms with Crippen LogP contribution in [0.15, 0.2) is 24.5 Å². The molecule has 0 radical (unpaired) electrons. The van der Waals surface area contributed by atoms with Crippen LogP contribution < -0.4 is 5.32 Å². The number of aromatic nitrogens is 1. The highest BCUT2D eigenvalue weighted by Crippen LogP contribution is 2.16. The monoisotopic (exact) mass is 291 g/mol. The molecular formula is C17H29N3O. The van der Waals surface area contributed by atoms with E-state index in [1.165, 1.54) is 12.0 Å². The van der Waals surface area contributed by atoms with Crippen molar-refractivity contribution in [1.29, 1.82) is 0 Å². The zero-order valence-electron chi connectivity index (χ0n) is 13.4. The summed E-state index contributed by atoms with van der Waals surface area (Å²) in [5.74, 6) is 0.604. The number of pyridine rings is 1. The highest BCUT2D eigenvalue weighted by molar-refractivity contribution is 5.09. The van der Waals surface area contributed by atoms with Crippen LogP contribution in [-0.4, -0.2) is 55.8 Å². The third-order valence-corrected chi connectivity index (χ3v) is 4.21. The molecule has 1 fully saturated rings. The quantitative estimate of drug-likeness (QED) is 0.794. The van der Waals surface area contributed by atoms with Crippen molar-refractivity contribution in [3.8, 4) is 0 Å². The summed E-state index contributed by atoms with van der Waals surface area (Å²) in [6.45, 7) is 7.32. The third kappa shape index (κ3) is 5.73. The summed E-state index contributed by atoms with van der Waals surface area (Å²) >= 11 is 0. The Morgan fingerprint density at radius 1 is 1.38 bits per heavy atom. The molecule has 4 nitrogen and oxygen atoms in total. The highest BCUT2D eigenvalue weighted by atomic mass is 16.5. The molecule has 0 saturated carbocycles. The van der Waals surface area contributed by atoms with Crippen LogP contribution >= 0.6 is 0 Å². The molecule has 0 aromatic carbocycles. The summed E-state index contributed by atoms with van der Waals surface area (Å²) in [5, 5.41) is 3.69. The highest BCUT2D eigenvalue weighted by Gasteiger charge is 2.26. The molecule has 21 heavy (non-hydrogen) atoms. The van der Waals surface area contributed by atoms with Crippen molar-refractivity contribution in [2.24, 2.45) is 5.92 Å². The van der Waals surface area contributed by atoms with Gasteiger partial charge in [-0.15, -0.1) is 0 Å². The van der Waals surface area contributed by atoms with Gasteiger partial charge in [0, 0.05) is 44.0 Å². The number of rotatable bonds is 8. The van der Waals surface area contributed by atoms with Crippen LogP contribution in [0.5, 0.6) is 0 Å². The average molecular weight is 291 g/mol. The van der Waals surface area contributed by atoms with Crippen LogP contribution in [0.1, 0.15) is 25.3 Å². The number of hydrogen-bond acceptors (Lipinski definition) is 4. The summed E-state index contributed by atoms with van der Waals surface area (Å²) in [7, 11) is 2.21. The predicted octanol–water partition coefficient (Wildman–Crippen LogP) is 1.96. The Labute approximate surface area is 128 Å². The van der Waals surface area contributed by atoms with Crippen molar-refractivity contribution >= 4 is 0 Å². The predicted molar refractivity (Wildman–Crippen MR) is 86.4 cm³/mol. The maximum Gasteiger partial charge on any atom is 0.0521 e. The molecule has 118 valence electrons. The van der Waals surface area contributed by atoms with Crippen molar-refractivity contribution in [2.75, 3.05) is 39.9 Å². The Bertz CT molecular complexity index is 385. The Kier molecular flexibility index (Phi) is 7.13. The van der Waals surface area contributed by atoms with E-state index in [2.05, 4.69) is 41.3 Å². The maximum absolute atomic E-state index is 5.68. The van der Waals surface area contributed by atoms with Gasteiger partial charge in [0.1, 0.15) is 0 Å². The van der Waals surface area contributed by atoms with Gasteiger partial charge in [0.15, 0.2) is 0 Å². The summed E-state index contributed by atoms with van der Waals surface area (Å²) in [4.78, 5) is 6.50. The van der Waals surface area contributed by atoms with Crippen molar-refractivity contribution in [3.05, 3.63) is 30.1 Å². The van der Waals surface area contributed by atoms with Gasteiger partial charge >= 0.3 is 0 Å². The van der Waals surface area contributed by atoms with Gasteiger partial charge in [-0.1, -0.05) is 6.92 Å². The lowest BCUT2D eigenvalue weighted by atomic mass is 9.95. The molecule has 0 aliphatic carbocycles. The van der Waals surface area contributed by atoms with E-state index < -0.39 is 0 Å². The van der Waals surface area contributed by atoms with E-state index in [1.54, 1.807) is 0 Å². The zero-order chi connectivity index (χ0) is 14.9. The smallest absolute Gasteiger partial charge is 0.0521 e. The van der Waals surface area contributed by atoms with E-state index in [0.717, 1.165) is 45.7 Å². The van der Waals surface area contributed by atoms with Gasteiger partial charge in [-0.3, -0.25) is 4.98 Å². The average Bonchev–Trinajstić information content (AvgIpc) is 2.53. The Morgan fingerprint density at radius 3 is 2.95 bits per heavy atom. The van der Waals surface area contributed by atoms with Gasteiger partial charge in [-0.2, -0.15) is 0 Å². The second-order valence-electron chi connectivity index (χ2n) is 6.05. The van der Waals surface area contributed by atoms with Crippen LogP contribution in [0, 0.1) is 5.92 Å². The lowest BCUT2D eigenvalue weighted by Gasteiger charge is -2.35. The molecule has 1 aliphatic rings. The number of nitrogens with zero attached hydrogens (tertiary/aromatic N) is 2. The van der Waals surface area contributed by atoms with Gasteiger partial charge in [-0.05, 0) is 50.6 Å². The normalized spacial score (nSPS) is 22.6. The van der Waals surface area contributed by atoms with E-state index >= 15 is 0 Å². The first kappa shape index (κ1) is 16.4.